The Kier molecular flexibility index (Phi) is 4.02. The first-order chi connectivity index (χ1) is 6.24. The molecule has 2 N–H and O–H groups in total. The molecule has 2 amide bonds. The number of hydrogen-bond donors (Lipinski definition) is 2. The van der Waals surface area contributed by atoms with Crippen molar-refractivity contribution < 1.29 is 4.79 Å². The van der Waals surface area contributed by atoms with E-state index in [4.69, 9.17) is 0 Å². The van der Waals surface area contributed by atoms with Gasteiger partial charge in [0.15, 0.2) is 0 Å². The number of urea groups is 1. The number of carbonyl (C=O) groups is 1. The SMILES string of the molecule is CNC(=O)NCC[C@H]1CCCN1C. The summed E-state index contributed by atoms with van der Waals surface area (Å²) in [6, 6.07) is 0.581. The molecule has 1 aliphatic heterocycles. The molecular weight excluding hydrogens is 166 g/mol. The van der Waals surface area contributed by atoms with Gasteiger partial charge < -0.3 is 15.5 Å². The van der Waals surface area contributed by atoms with Gasteiger partial charge in [-0.1, -0.05) is 0 Å². The molecule has 0 radical (unpaired) electrons. The Morgan fingerprint density at radius 2 is 2.38 bits per heavy atom. The maximum absolute atomic E-state index is 10.8. The highest BCUT2D eigenvalue weighted by atomic mass is 16.2. The third-order valence-electron chi connectivity index (χ3n) is 2.66. The van der Waals surface area contributed by atoms with Crippen molar-refractivity contribution in [1.82, 2.24) is 15.5 Å². The molecule has 0 spiro atoms. The van der Waals surface area contributed by atoms with E-state index in [1.807, 2.05) is 0 Å². The van der Waals surface area contributed by atoms with Crippen molar-refractivity contribution in [3.63, 3.8) is 0 Å². The van der Waals surface area contributed by atoms with E-state index in [-0.39, 0.29) is 6.03 Å². The van der Waals surface area contributed by atoms with Crippen LogP contribution < -0.4 is 10.6 Å². The summed E-state index contributed by atoms with van der Waals surface area (Å²) in [5.74, 6) is 0. The van der Waals surface area contributed by atoms with E-state index in [0.29, 0.717) is 6.04 Å². The van der Waals surface area contributed by atoms with Crippen LogP contribution in [-0.4, -0.2) is 44.2 Å². The van der Waals surface area contributed by atoms with Crippen LogP contribution in [0.25, 0.3) is 0 Å². The standard InChI is InChI=1S/C9H19N3O/c1-10-9(13)11-6-5-8-4-3-7-12(8)2/h8H,3-7H2,1-2H3,(H2,10,11,13)/t8-/m1/s1. The Bertz CT molecular complexity index is 172. The van der Waals surface area contributed by atoms with Gasteiger partial charge in [-0.15, -0.1) is 0 Å². The van der Waals surface area contributed by atoms with Crippen molar-refractivity contribution in [2.45, 2.75) is 25.3 Å². The predicted molar refractivity (Wildman–Crippen MR) is 52.7 cm³/mol. The fourth-order valence-electron chi connectivity index (χ4n) is 1.78. The highest BCUT2D eigenvalue weighted by molar-refractivity contribution is 5.73. The maximum Gasteiger partial charge on any atom is 0.314 e. The summed E-state index contributed by atoms with van der Waals surface area (Å²) in [5.41, 5.74) is 0. The quantitative estimate of drug-likeness (QED) is 0.668. The van der Waals surface area contributed by atoms with Crippen molar-refractivity contribution in [3.8, 4) is 0 Å². The lowest BCUT2D eigenvalue weighted by Crippen LogP contribution is -2.36. The number of carbonyl (C=O) groups excluding carboxylic acids is 1. The summed E-state index contributed by atoms with van der Waals surface area (Å²) in [5, 5.41) is 5.34. The van der Waals surface area contributed by atoms with E-state index >= 15 is 0 Å². The molecule has 76 valence electrons. The largest absolute Gasteiger partial charge is 0.341 e. The lowest BCUT2D eigenvalue weighted by molar-refractivity contribution is 0.240. The predicted octanol–water partition coefficient (Wildman–Crippen LogP) is 0.400. The highest BCUT2D eigenvalue weighted by Gasteiger charge is 2.19. The second-order valence-corrected chi connectivity index (χ2v) is 3.57. The van der Waals surface area contributed by atoms with E-state index in [0.717, 1.165) is 13.0 Å². The van der Waals surface area contributed by atoms with Gasteiger partial charge in [-0.05, 0) is 32.9 Å². The lowest BCUT2D eigenvalue weighted by atomic mass is 10.1. The molecule has 0 aromatic heterocycles. The van der Waals surface area contributed by atoms with Crippen LogP contribution in [0.4, 0.5) is 4.79 Å². The van der Waals surface area contributed by atoms with Crippen LogP contribution in [0.5, 0.6) is 0 Å². The molecule has 0 unspecified atom stereocenters. The van der Waals surface area contributed by atoms with Crippen LogP contribution in [0.15, 0.2) is 0 Å². The molecule has 1 rings (SSSR count). The number of rotatable bonds is 3. The summed E-state index contributed by atoms with van der Waals surface area (Å²) in [4.78, 5) is 13.2. The van der Waals surface area contributed by atoms with Crippen LogP contribution in [0.3, 0.4) is 0 Å². The monoisotopic (exact) mass is 185 g/mol. The van der Waals surface area contributed by atoms with E-state index in [1.165, 1.54) is 19.4 Å². The molecule has 0 saturated carbocycles. The van der Waals surface area contributed by atoms with Crippen molar-refractivity contribution in [1.29, 1.82) is 0 Å². The van der Waals surface area contributed by atoms with Crippen molar-refractivity contribution >= 4 is 6.03 Å². The van der Waals surface area contributed by atoms with Gasteiger partial charge in [-0.3, -0.25) is 0 Å². The van der Waals surface area contributed by atoms with Crippen LogP contribution >= 0.6 is 0 Å². The van der Waals surface area contributed by atoms with Crippen molar-refractivity contribution in [2.75, 3.05) is 27.2 Å². The van der Waals surface area contributed by atoms with E-state index in [9.17, 15) is 4.79 Å². The first kappa shape index (κ1) is 10.3. The number of nitrogens with one attached hydrogen (secondary N) is 2. The van der Waals surface area contributed by atoms with Crippen LogP contribution in [0, 0.1) is 0 Å². The summed E-state index contributed by atoms with van der Waals surface area (Å²) >= 11 is 0. The summed E-state index contributed by atoms with van der Waals surface area (Å²) in [6.07, 6.45) is 3.62. The van der Waals surface area contributed by atoms with Gasteiger partial charge in [-0.25, -0.2) is 4.79 Å². The number of nitrogens with zero attached hydrogens (tertiary/aromatic N) is 1. The summed E-state index contributed by atoms with van der Waals surface area (Å²) in [7, 11) is 3.79. The average Bonchev–Trinajstić information content (AvgIpc) is 2.52. The molecule has 1 heterocycles. The fourth-order valence-corrected chi connectivity index (χ4v) is 1.78. The first-order valence-corrected chi connectivity index (χ1v) is 4.90. The summed E-state index contributed by atoms with van der Waals surface area (Å²) in [6.45, 7) is 1.97. The van der Waals surface area contributed by atoms with E-state index in [1.54, 1.807) is 7.05 Å². The Morgan fingerprint density at radius 1 is 1.62 bits per heavy atom. The van der Waals surface area contributed by atoms with Gasteiger partial charge in [0.1, 0.15) is 0 Å². The minimum absolute atomic E-state index is 0.0827. The molecule has 1 saturated heterocycles. The molecular formula is C9H19N3O. The number of amides is 2. The zero-order chi connectivity index (χ0) is 9.68. The van der Waals surface area contributed by atoms with Crippen molar-refractivity contribution in [3.05, 3.63) is 0 Å². The maximum atomic E-state index is 10.8. The van der Waals surface area contributed by atoms with Gasteiger partial charge in [0.25, 0.3) is 0 Å². The summed E-state index contributed by atoms with van der Waals surface area (Å²) < 4.78 is 0. The minimum atomic E-state index is -0.0827. The normalized spacial score (nSPS) is 23.1. The zero-order valence-electron chi connectivity index (χ0n) is 8.47. The Balaban J connectivity index is 2.08. The second-order valence-electron chi connectivity index (χ2n) is 3.57. The van der Waals surface area contributed by atoms with Gasteiger partial charge in [0.2, 0.25) is 0 Å². The third kappa shape index (κ3) is 3.22. The number of hydrogen-bond acceptors (Lipinski definition) is 2. The topological polar surface area (TPSA) is 44.4 Å². The average molecular weight is 185 g/mol. The van der Waals surface area contributed by atoms with Gasteiger partial charge >= 0.3 is 6.03 Å². The molecule has 0 aromatic carbocycles. The van der Waals surface area contributed by atoms with Crippen LogP contribution in [0.2, 0.25) is 0 Å². The fraction of sp³-hybridized carbons (Fsp3) is 0.889. The van der Waals surface area contributed by atoms with Gasteiger partial charge in [0.05, 0.1) is 0 Å². The smallest absolute Gasteiger partial charge is 0.314 e. The highest BCUT2D eigenvalue weighted by Crippen LogP contribution is 2.16. The second kappa shape index (κ2) is 5.07. The van der Waals surface area contributed by atoms with Crippen molar-refractivity contribution in [2.24, 2.45) is 0 Å². The molecule has 0 aromatic rings. The molecule has 13 heavy (non-hydrogen) atoms. The molecule has 4 nitrogen and oxygen atoms in total. The van der Waals surface area contributed by atoms with Gasteiger partial charge in [-0.2, -0.15) is 0 Å². The molecule has 1 aliphatic rings. The third-order valence-corrected chi connectivity index (χ3v) is 2.66. The lowest BCUT2D eigenvalue weighted by Gasteiger charge is -2.19. The van der Waals surface area contributed by atoms with E-state index in [2.05, 4.69) is 22.6 Å². The molecule has 0 aliphatic carbocycles. The molecule has 0 bridgehead atoms. The molecule has 1 atom stereocenters. The minimum Gasteiger partial charge on any atom is -0.341 e. The molecule has 1 fully saturated rings. The Morgan fingerprint density at radius 3 is 2.92 bits per heavy atom. The van der Waals surface area contributed by atoms with Gasteiger partial charge in [0, 0.05) is 19.6 Å². The Hall–Kier alpha value is -0.770. The van der Waals surface area contributed by atoms with E-state index < -0.39 is 0 Å². The number of likely N-dealkylation sites (tertiary alicyclic amines) is 1. The zero-order valence-corrected chi connectivity index (χ0v) is 8.47. The van der Waals surface area contributed by atoms with Crippen LogP contribution in [-0.2, 0) is 0 Å². The first-order valence-electron chi connectivity index (χ1n) is 4.90. The van der Waals surface area contributed by atoms with Crippen LogP contribution in [0.1, 0.15) is 19.3 Å². The Labute approximate surface area is 79.7 Å². The molecule has 4 heteroatoms.